The number of carbonyl (C=O) groups excluding carboxylic acids is 1. The number of nitrogens with one attached hydrogen (secondary N) is 1. The van der Waals surface area contributed by atoms with Gasteiger partial charge < -0.3 is 24.3 Å². The SMILES string of the molecule is O=C(O[C@H]1C[C@H](F)C1)N1CCN(c2ccnc3[nH]c(-c4nc5c(s4)COCC5)cc23)CC1. The predicted molar refractivity (Wildman–Crippen MR) is 119 cm³/mol. The van der Waals surface area contributed by atoms with Crippen molar-refractivity contribution in [3.63, 3.8) is 0 Å². The molecule has 8 nitrogen and oxygen atoms in total. The minimum absolute atomic E-state index is 0.267. The highest BCUT2D eigenvalue weighted by atomic mass is 32.1. The second-order valence-electron chi connectivity index (χ2n) is 8.52. The molecule has 0 bridgehead atoms. The molecule has 168 valence electrons. The molecule has 3 aliphatic rings. The molecule has 1 N–H and O–H groups in total. The third-order valence-electron chi connectivity index (χ3n) is 6.42. The third kappa shape index (κ3) is 3.61. The van der Waals surface area contributed by atoms with Crippen LogP contribution >= 0.6 is 11.3 Å². The second kappa shape index (κ2) is 8.00. The summed E-state index contributed by atoms with van der Waals surface area (Å²) in [5.74, 6) is 0. The number of carbonyl (C=O) groups is 1. The first-order valence-electron chi connectivity index (χ1n) is 11.0. The predicted octanol–water partition coefficient (Wildman–Crippen LogP) is 3.52. The summed E-state index contributed by atoms with van der Waals surface area (Å²) in [6.07, 6.45) is 1.89. The van der Waals surface area contributed by atoms with E-state index in [0.717, 1.165) is 46.1 Å². The molecular weight excluding hydrogens is 433 g/mol. The number of thiazole rings is 1. The number of aromatic amines is 1. The fourth-order valence-corrected chi connectivity index (χ4v) is 5.51. The number of halogens is 1. The summed E-state index contributed by atoms with van der Waals surface area (Å²) in [5, 5.41) is 2.01. The van der Waals surface area contributed by atoms with Crippen LogP contribution in [0.5, 0.6) is 0 Å². The van der Waals surface area contributed by atoms with Crippen molar-refractivity contribution in [2.75, 3.05) is 37.7 Å². The van der Waals surface area contributed by atoms with E-state index < -0.39 is 6.17 Å². The van der Waals surface area contributed by atoms with Crippen LogP contribution in [0.2, 0.25) is 0 Å². The lowest BCUT2D eigenvalue weighted by molar-refractivity contribution is -0.0132. The van der Waals surface area contributed by atoms with Crippen LogP contribution in [-0.4, -0.2) is 71.0 Å². The fourth-order valence-electron chi connectivity index (χ4n) is 4.49. The first kappa shape index (κ1) is 19.9. The molecule has 0 unspecified atom stereocenters. The maximum Gasteiger partial charge on any atom is 0.410 e. The van der Waals surface area contributed by atoms with Crippen molar-refractivity contribution in [3.8, 4) is 10.7 Å². The number of alkyl halides is 1. The molecule has 1 saturated heterocycles. The Kier molecular flexibility index (Phi) is 4.98. The van der Waals surface area contributed by atoms with E-state index in [1.807, 2.05) is 12.3 Å². The van der Waals surface area contributed by atoms with Crippen molar-refractivity contribution in [1.29, 1.82) is 0 Å². The summed E-state index contributed by atoms with van der Waals surface area (Å²) < 4.78 is 23.9. The van der Waals surface area contributed by atoms with Crippen molar-refractivity contribution >= 4 is 34.2 Å². The van der Waals surface area contributed by atoms with Crippen molar-refractivity contribution in [2.24, 2.45) is 0 Å². The van der Waals surface area contributed by atoms with Crippen LogP contribution in [0.1, 0.15) is 23.4 Å². The van der Waals surface area contributed by atoms with E-state index >= 15 is 0 Å². The van der Waals surface area contributed by atoms with Crippen molar-refractivity contribution in [1.82, 2.24) is 19.9 Å². The summed E-state index contributed by atoms with van der Waals surface area (Å²) in [7, 11) is 0. The van der Waals surface area contributed by atoms with Gasteiger partial charge in [0.2, 0.25) is 0 Å². The highest BCUT2D eigenvalue weighted by Crippen LogP contribution is 2.35. The molecular formula is C22H24FN5O3S. The Labute approximate surface area is 188 Å². The van der Waals surface area contributed by atoms with E-state index in [0.29, 0.717) is 45.6 Å². The van der Waals surface area contributed by atoms with E-state index in [1.54, 1.807) is 16.2 Å². The molecule has 0 radical (unpaired) electrons. The zero-order valence-corrected chi connectivity index (χ0v) is 18.4. The molecule has 0 spiro atoms. The minimum atomic E-state index is -0.826. The van der Waals surface area contributed by atoms with Crippen LogP contribution in [0.4, 0.5) is 14.9 Å². The first-order valence-corrected chi connectivity index (χ1v) is 11.8. The third-order valence-corrected chi connectivity index (χ3v) is 7.52. The Morgan fingerprint density at radius 2 is 2.12 bits per heavy atom. The fraction of sp³-hybridized carbons (Fsp3) is 0.500. The highest BCUT2D eigenvalue weighted by molar-refractivity contribution is 7.15. The van der Waals surface area contributed by atoms with Gasteiger partial charge in [-0.2, -0.15) is 0 Å². The summed E-state index contributed by atoms with van der Waals surface area (Å²) in [4.78, 5) is 30.3. The van der Waals surface area contributed by atoms with Gasteiger partial charge in [-0.05, 0) is 12.1 Å². The number of rotatable bonds is 3. The lowest BCUT2D eigenvalue weighted by Gasteiger charge is -2.37. The molecule has 32 heavy (non-hydrogen) atoms. The maximum atomic E-state index is 13.0. The standard InChI is InChI=1S/C22H24FN5O3S/c23-13-9-14(10-13)31-22(29)28-6-4-27(5-7-28)18-1-3-24-20-15(18)11-17(25-20)21-26-16-2-8-30-12-19(16)32-21/h1,3,11,13-14H,2,4-10,12H2,(H,24,25)/t13-,14-. The average molecular weight is 458 g/mol. The number of anilines is 1. The molecule has 1 aliphatic carbocycles. The van der Waals surface area contributed by atoms with E-state index in [4.69, 9.17) is 14.5 Å². The van der Waals surface area contributed by atoms with E-state index in [2.05, 4.69) is 20.9 Å². The summed E-state index contributed by atoms with van der Waals surface area (Å²) in [5.41, 5.74) is 4.02. The van der Waals surface area contributed by atoms with Crippen molar-refractivity contribution < 1.29 is 18.7 Å². The van der Waals surface area contributed by atoms with E-state index in [9.17, 15) is 9.18 Å². The largest absolute Gasteiger partial charge is 0.446 e. The van der Waals surface area contributed by atoms with Gasteiger partial charge in [0.15, 0.2) is 0 Å². The highest BCUT2D eigenvalue weighted by Gasteiger charge is 2.34. The number of hydrogen-bond donors (Lipinski definition) is 1. The Morgan fingerprint density at radius 3 is 2.91 bits per heavy atom. The Bertz CT molecular complexity index is 1130. The van der Waals surface area contributed by atoms with Gasteiger partial charge in [0.25, 0.3) is 0 Å². The Morgan fingerprint density at radius 1 is 1.28 bits per heavy atom. The zero-order valence-electron chi connectivity index (χ0n) is 17.6. The van der Waals surface area contributed by atoms with Crippen LogP contribution in [0, 0.1) is 0 Å². The van der Waals surface area contributed by atoms with Gasteiger partial charge in [-0.3, -0.25) is 0 Å². The van der Waals surface area contributed by atoms with E-state index in [-0.39, 0.29) is 12.2 Å². The van der Waals surface area contributed by atoms with Crippen LogP contribution in [0.25, 0.3) is 21.7 Å². The second-order valence-corrected chi connectivity index (χ2v) is 9.60. The number of fused-ring (bicyclic) bond motifs is 2. The van der Waals surface area contributed by atoms with Gasteiger partial charge in [-0.25, -0.2) is 19.2 Å². The number of amides is 1. The normalized spacial score (nSPS) is 23.2. The molecule has 0 aromatic carbocycles. The molecule has 2 fully saturated rings. The lowest BCUT2D eigenvalue weighted by atomic mass is 9.94. The molecule has 0 atom stereocenters. The zero-order chi connectivity index (χ0) is 21.7. The number of H-pyrrole nitrogens is 1. The van der Waals surface area contributed by atoms with Gasteiger partial charge in [-0.1, -0.05) is 0 Å². The number of aromatic nitrogens is 3. The molecule has 1 amide bonds. The molecule has 2 aliphatic heterocycles. The number of pyridine rings is 1. The van der Waals surface area contributed by atoms with Gasteiger partial charge in [0.05, 0.1) is 29.5 Å². The Hall–Kier alpha value is -2.72. The molecule has 10 heteroatoms. The van der Waals surface area contributed by atoms with Crippen molar-refractivity contribution in [3.05, 3.63) is 28.9 Å². The summed E-state index contributed by atoms with van der Waals surface area (Å²) in [6, 6.07) is 4.14. The van der Waals surface area contributed by atoms with Gasteiger partial charge in [-0.15, -0.1) is 11.3 Å². The van der Waals surface area contributed by atoms with Crippen LogP contribution < -0.4 is 4.90 Å². The molecule has 3 aromatic rings. The van der Waals surface area contributed by atoms with Gasteiger partial charge in [0.1, 0.15) is 22.9 Å². The molecule has 5 heterocycles. The van der Waals surface area contributed by atoms with E-state index in [1.165, 1.54) is 4.88 Å². The van der Waals surface area contributed by atoms with Gasteiger partial charge in [0, 0.05) is 62.7 Å². The number of piperazine rings is 1. The summed E-state index contributed by atoms with van der Waals surface area (Å²) >= 11 is 1.67. The smallest absolute Gasteiger partial charge is 0.410 e. The topological polar surface area (TPSA) is 83.6 Å². The quantitative estimate of drug-likeness (QED) is 0.648. The summed E-state index contributed by atoms with van der Waals surface area (Å²) in [6.45, 7) is 3.92. The maximum absolute atomic E-state index is 13.0. The Balaban J connectivity index is 1.18. The monoisotopic (exact) mass is 457 g/mol. The number of ether oxygens (including phenoxy) is 2. The molecule has 1 saturated carbocycles. The number of hydrogen-bond acceptors (Lipinski definition) is 7. The van der Waals surface area contributed by atoms with Crippen LogP contribution in [-0.2, 0) is 22.5 Å². The van der Waals surface area contributed by atoms with Crippen LogP contribution in [0.3, 0.4) is 0 Å². The molecule has 6 rings (SSSR count). The number of nitrogens with zero attached hydrogens (tertiary/aromatic N) is 4. The van der Waals surface area contributed by atoms with Crippen molar-refractivity contribution in [2.45, 2.75) is 38.1 Å². The average Bonchev–Trinajstić information content (AvgIpc) is 3.42. The minimum Gasteiger partial charge on any atom is -0.446 e. The first-order chi connectivity index (χ1) is 15.6. The molecule has 3 aromatic heterocycles. The van der Waals surface area contributed by atoms with Gasteiger partial charge >= 0.3 is 6.09 Å². The van der Waals surface area contributed by atoms with Crippen LogP contribution in [0.15, 0.2) is 18.3 Å². The lowest BCUT2D eigenvalue weighted by Crippen LogP contribution is -2.50.